The van der Waals surface area contributed by atoms with Crippen molar-refractivity contribution in [1.29, 1.82) is 0 Å². The third-order valence-corrected chi connectivity index (χ3v) is 3.61. The molecule has 0 amide bonds. The average Bonchev–Trinajstić information content (AvgIpc) is 2.78. The molecule has 0 bridgehead atoms. The minimum absolute atomic E-state index is 0.0204. The van der Waals surface area contributed by atoms with Gasteiger partial charge in [0.2, 0.25) is 0 Å². The highest BCUT2D eigenvalue weighted by molar-refractivity contribution is 5.89. The number of hydrogen-bond acceptors (Lipinski definition) is 9. The maximum Gasteiger partial charge on any atom is 0.342 e. The highest BCUT2D eigenvalue weighted by Crippen LogP contribution is 2.10. The summed E-state index contributed by atoms with van der Waals surface area (Å²) in [4.78, 5) is 11.9. The number of carbonyl (C=O) groups excluding carboxylic acids is 1. The molecule has 0 unspecified atom stereocenters. The Morgan fingerprint density at radius 2 is 1.19 bits per heavy atom. The van der Waals surface area contributed by atoms with Crippen LogP contribution in [0.4, 0.5) is 0 Å². The van der Waals surface area contributed by atoms with Crippen LogP contribution in [-0.2, 0) is 33.2 Å². The molecule has 0 heterocycles. The first kappa shape index (κ1) is 27.0. The minimum Gasteiger partial charge on any atom is -0.498 e. The van der Waals surface area contributed by atoms with Gasteiger partial charge in [-0.2, -0.15) is 0 Å². The molecular weight excluding hydrogens is 408 g/mol. The Morgan fingerprint density at radius 3 is 1.68 bits per heavy atom. The number of aliphatic hydroxyl groups excluding tert-OH is 1. The van der Waals surface area contributed by atoms with Crippen LogP contribution in [0.25, 0.3) is 0 Å². The van der Waals surface area contributed by atoms with Gasteiger partial charge < -0.3 is 38.3 Å². The first-order valence-electron chi connectivity index (χ1n) is 10.3. The smallest absolute Gasteiger partial charge is 0.342 e. The van der Waals surface area contributed by atoms with Crippen molar-refractivity contribution >= 4 is 5.97 Å². The fourth-order valence-corrected chi connectivity index (χ4v) is 2.06. The van der Waals surface area contributed by atoms with E-state index in [-0.39, 0.29) is 6.61 Å². The lowest BCUT2D eigenvalue weighted by Crippen LogP contribution is -2.14. The first-order chi connectivity index (χ1) is 15.2. The van der Waals surface area contributed by atoms with Crippen LogP contribution in [0.15, 0.2) is 42.2 Å². The Bertz CT molecular complexity index is 578. The highest BCUT2D eigenvalue weighted by atomic mass is 16.6. The molecule has 0 fully saturated rings. The number of hydrogen-bond donors (Lipinski definition) is 1. The third-order valence-electron chi connectivity index (χ3n) is 3.61. The number of benzene rings is 1. The predicted octanol–water partition coefficient (Wildman–Crippen LogP) is 1.59. The summed E-state index contributed by atoms with van der Waals surface area (Å²) in [6, 6.07) is 8.86. The van der Waals surface area contributed by atoms with Crippen molar-refractivity contribution in [3.63, 3.8) is 0 Å². The van der Waals surface area contributed by atoms with Crippen LogP contribution in [-0.4, -0.2) is 90.4 Å². The molecule has 0 aromatic heterocycles. The van der Waals surface area contributed by atoms with Gasteiger partial charge in [-0.15, -0.1) is 0 Å². The lowest BCUT2D eigenvalue weighted by molar-refractivity contribution is -0.130. The van der Waals surface area contributed by atoms with E-state index in [1.807, 2.05) is 6.07 Å². The van der Waals surface area contributed by atoms with E-state index in [9.17, 15) is 4.79 Å². The van der Waals surface area contributed by atoms with Crippen molar-refractivity contribution in [2.75, 3.05) is 79.3 Å². The van der Waals surface area contributed by atoms with Crippen LogP contribution in [0.1, 0.15) is 6.92 Å². The van der Waals surface area contributed by atoms with E-state index >= 15 is 0 Å². The van der Waals surface area contributed by atoms with Gasteiger partial charge in [0.15, 0.2) is 0 Å². The molecule has 1 aromatic rings. The molecule has 0 atom stereocenters. The second-order valence-electron chi connectivity index (χ2n) is 6.16. The third kappa shape index (κ3) is 16.4. The minimum atomic E-state index is -0.457. The Kier molecular flexibility index (Phi) is 17.4. The molecule has 9 heteroatoms. The molecule has 0 aliphatic heterocycles. The monoisotopic (exact) mass is 442 g/mol. The van der Waals surface area contributed by atoms with Crippen molar-refractivity contribution in [1.82, 2.24) is 0 Å². The van der Waals surface area contributed by atoms with Crippen molar-refractivity contribution < 1.29 is 43.1 Å². The SMILES string of the molecule is CC(=COCCOCCOCCOCCOCCOCCO)C(=O)Oc1ccccc1. The van der Waals surface area contributed by atoms with Crippen LogP contribution < -0.4 is 4.74 Å². The van der Waals surface area contributed by atoms with Crippen molar-refractivity contribution in [2.45, 2.75) is 6.92 Å². The number of rotatable bonds is 20. The van der Waals surface area contributed by atoms with Crippen LogP contribution in [0.5, 0.6) is 5.75 Å². The number of aliphatic hydroxyl groups is 1. The molecule has 0 saturated carbocycles. The molecule has 31 heavy (non-hydrogen) atoms. The van der Waals surface area contributed by atoms with Crippen LogP contribution in [0.2, 0.25) is 0 Å². The van der Waals surface area contributed by atoms with Gasteiger partial charge in [-0.05, 0) is 19.1 Å². The second-order valence-corrected chi connectivity index (χ2v) is 6.16. The fraction of sp³-hybridized carbons (Fsp3) is 0.591. The zero-order valence-corrected chi connectivity index (χ0v) is 18.2. The Hall–Kier alpha value is -2.01. The zero-order chi connectivity index (χ0) is 22.4. The Labute approximate surface area is 183 Å². The maximum absolute atomic E-state index is 11.9. The van der Waals surface area contributed by atoms with E-state index < -0.39 is 5.97 Å². The van der Waals surface area contributed by atoms with E-state index in [0.717, 1.165) is 0 Å². The van der Waals surface area contributed by atoms with E-state index in [1.165, 1.54) is 6.26 Å². The summed E-state index contributed by atoms with van der Waals surface area (Å²) in [6.45, 7) is 6.47. The number of esters is 1. The van der Waals surface area contributed by atoms with Crippen LogP contribution >= 0.6 is 0 Å². The average molecular weight is 443 g/mol. The predicted molar refractivity (Wildman–Crippen MR) is 113 cm³/mol. The molecule has 9 nitrogen and oxygen atoms in total. The molecule has 1 rings (SSSR count). The summed E-state index contributed by atoms with van der Waals surface area (Å²) < 4.78 is 37.0. The van der Waals surface area contributed by atoms with E-state index in [0.29, 0.717) is 84.0 Å². The number of ether oxygens (including phenoxy) is 7. The van der Waals surface area contributed by atoms with Crippen molar-refractivity contribution in [3.05, 3.63) is 42.2 Å². The van der Waals surface area contributed by atoms with Gasteiger partial charge in [-0.1, -0.05) is 18.2 Å². The first-order valence-corrected chi connectivity index (χ1v) is 10.3. The standard InChI is InChI=1S/C22H34O9/c1-20(22(24)31-21-5-3-2-4-6-21)19-30-18-17-29-16-15-28-14-13-27-12-11-26-10-9-25-8-7-23/h2-6,19,23H,7-18H2,1H3. The maximum atomic E-state index is 11.9. The van der Waals surface area contributed by atoms with Gasteiger partial charge >= 0.3 is 5.97 Å². The normalized spacial score (nSPS) is 11.5. The fourth-order valence-electron chi connectivity index (χ4n) is 2.06. The largest absolute Gasteiger partial charge is 0.498 e. The van der Waals surface area contributed by atoms with Crippen LogP contribution in [0, 0.1) is 0 Å². The Balaban J connectivity index is 1.84. The van der Waals surface area contributed by atoms with Gasteiger partial charge in [0.1, 0.15) is 12.4 Å². The highest BCUT2D eigenvalue weighted by Gasteiger charge is 2.07. The van der Waals surface area contributed by atoms with Crippen molar-refractivity contribution in [2.24, 2.45) is 0 Å². The second kappa shape index (κ2) is 19.9. The molecule has 1 N–H and O–H groups in total. The summed E-state index contributed by atoms with van der Waals surface area (Å²) in [5.41, 5.74) is 0.368. The van der Waals surface area contributed by atoms with Gasteiger partial charge in [0.05, 0.1) is 84.5 Å². The molecule has 0 spiro atoms. The molecule has 1 aromatic carbocycles. The zero-order valence-electron chi connectivity index (χ0n) is 18.2. The van der Waals surface area contributed by atoms with Gasteiger partial charge in [-0.25, -0.2) is 4.79 Å². The topological polar surface area (TPSA) is 102 Å². The van der Waals surface area contributed by atoms with Crippen molar-refractivity contribution in [3.8, 4) is 5.75 Å². The summed E-state index contributed by atoms with van der Waals surface area (Å²) in [5, 5.41) is 8.54. The molecule has 0 saturated heterocycles. The van der Waals surface area contributed by atoms with Gasteiger partial charge in [0.25, 0.3) is 0 Å². The molecule has 176 valence electrons. The molecular formula is C22H34O9. The summed E-state index contributed by atoms with van der Waals surface area (Å²) >= 11 is 0. The quantitative estimate of drug-likeness (QED) is 0.106. The lowest BCUT2D eigenvalue weighted by atomic mass is 10.3. The summed E-state index contributed by atoms with van der Waals surface area (Å²) in [5.74, 6) is 0.0316. The number of para-hydroxylation sites is 1. The summed E-state index contributed by atoms with van der Waals surface area (Å²) in [7, 11) is 0. The van der Waals surface area contributed by atoms with E-state index in [1.54, 1.807) is 31.2 Å². The molecule has 0 aliphatic rings. The molecule has 0 radical (unpaired) electrons. The van der Waals surface area contributed by atoms with Gasteiger partial charge in [0, 0.05) is 0 Å². The number of carbonyl (C=O) groups is 1. The Morgan fingerprint density at radius 1 is 0.742 bits per heavy atom. The van der Waals surface area contributed by atoms with Crippen LogP contribution in [0.3, 0.4) is 0 Å². The lowest BCUT2D eigenvalue weighted by Gasteiger charge is -2.08. The summed E-state index contributed by atoms with van der Waals surface area (Å²) in [6.07, 6.45) is 1.37. The molecule has 0 aliphatic carbocycles. The van der Waals surface area contributed by atoms with E-state index in [2.05, 4.69) is 0 Å². The van der Waals surface area contributed by atoms with E-state index in [4.69, 9.17) is 38.3 Å². The van der Waals surface area contributed by atoms with Gasteiger partial charge in [-0.3, -0.25) is 0 Å².